The summed E-state index contributed by atoms with van der Waals surface area (Å²) in [6, 6.07) is 7.91. The van der Waals surface area contributed by atoms with E-state index < -0.39 is 0 Å². The molecule has 1 aromatic carbocycles. The first-order valence-corrected chi connectivity index (χ1v) is 8.56. The highest BCUT2D eigenvalue weighted by Crippen LogP contribution is 2.26. The molecule has 1 aromatic heterocycles. The Morgan fingerprint density at radius 2 is 2.32 bits per heavy atom. The summed E-state index contributed by atoms with van der Waals surface area (Å²) < 4.78 is 5.67. The lowest BCUT2D eigenvalue weighted by Gasteiger charge is -2.24. The fourth-order valence-corrected chi connectivity index (χ4v) is 3.48. The minimum atomic E-state index is -0.122. The molecule has 4 nitrogen and oxygen atoms in total. The van der Waals surface area contributed by atoms with Crippen molar-refractivity contribution in [3.05, 3.63) is 45.9 Å². The largest absolute Gasteiger partial charge is 0.492 e. The van der Waals surface area contributed by atoms with Crippen molar-refractivity contribution in [1.29, 1.82) is 0 Å². The molecule has 1 unspecified atom stereocenters. The molecule has 1 amide bonds. The second-order valence-electron chi connectivity index (χ2n) is 5.52. The molecular formula is C17H20N2O2S. The molecule has 116 valence electrons. The van der Waals surface area contributed by atoms with Crippen LogP contribution in [0.25, 0.3) is 0 Å². The summed E-state index contributed by atoms with van der Waals surface area (Å²) >= 11 is 1.66. The fourth-order valence-electron chi connectivity index (χ4n) is 2.58. The average molecular weight is 316 g/mol. The van der Waals surface area contributed by atoms with E-state index in [1.807, 2.05) is 29.6 Å². The van der Waals surface area contributed by atoms with Crippen LogP contribution in [-0.4, -0.2) is 17.5 Å². The summed E-state index contributed by atoms with van der Waals surface area (Å²) in [7, 11) is 0. The predicted octanol–water partition coefficient (Wildman–Crippen LogP) is 2.96. The minimum absolute atomic E-state index is 0.0412. The van der Waals surface area contributed by atoms with Crippen LogP contribution < -0.4 is 10.1 Å². The van der Waals surface area contributed by atoms with E-state index in [0.29, 0.717) is 13.2 Å². The smallest absolute Gasteiger partial charge is 0.227 e. The number of nitrogens with zero attached hydrogens (tertiary/aromatic N) is 1. The Kier molecular flexibility index (Phi) is 4.73. The highest BCUT2D eigenvalue weighted by molar-refractivity contribution is 7.09. The van der Waals surface area contributed by atoms with E-state index in [4.69, 9.17) is 4.74 Å². The number of amides is 1. The van der Waals surface area contributed by atoms with E-state index in [-0.39, 0.29) is 11.8 Å². The molecule has 0 bridgehead atoms. The van der Waals surface area contributed by atoms with E-state index in [2.05, 4.69) is 17.2 Å². The predicted molar refractivity (Wildman–Crippen MR) is 87.1 cm³/mol. The lowest BCUT2D eigenvalue weighted by molar-refractivity contribution is -0.126. The Labute approximate surface area is 134 Å². The zero-order chi connectivity index (χ0) is 15.4. The van der Waals surface area contributed by atoms with Crippen molar-refractivity contribution in [2.45, 2.75) is 32.7 Å². The van der Waals surface area contributed by atoms with Crippen molar-refractivity contribution in [2.24, 2.45) is 5.92 Å². The van der Waals surface area contributed by atoms with Gasteiger partial charge in [-0.2, -0.15) is 0 Å². The van der Waals surface area contributed by atoms with Crippen LogP contribution in [0.15, 0.2) is 29.6 Å². The number of fused-ring (bicyclic) bond motifs is 1. The van der Waals surface area contributed by atoms with Crippen molar-refractivity contribution in [1.82, 2.24) is 10.3 Å². The second kappa shape index (κ2) is 6.92. The van der Waals surface area contributed by atoms with Gasteiger partial charge in [0.1, 0.15) is 12.4 Å². The summed E-state index contributed by atoms with van der Waals surface area (Å²) in [5.74, 6) is 0.818. The second-order valence-corrected chi connectivity index (χ2v) is 6.46. The molecule has 1 N–H and O–H groups in total. The third-order valence-electron chi connectivity index (χ3n) is 3.76. The Morgan fingerprint density at radius 1 is 1.45 bits per heavy atom. The normalized spacial score (nSPS) is 16.7. The Bertz CT molecular complexity index is 654. The van der Waals surface area contributed by atoms with Crippen LogP contribution in [-0.2, 0) is 24.2 Å². The third-order valence-corrected chi connectivity index (χ3v) is 4.71. The molecule has 2 aromatic rings. The maximum absolute atomic E-state index is 12.3. The van der Waals surface area contributed by atoms with Crippen molar-refractivity contribution in [2.75, 3.05) is 6.61 Å². The van der Waals surface area contributed by atoms with Crippen LogP contribution in [0.3, 0.4) is 0 Å². The SMILES string of the molecule is CCCc1nc(CNC(=O)C2COc3ccccc3C2)cs1. The van der Waals surface area contributed by atoms with Crippen LogP contribution >= 0.6 is 11.3 Å². The van der Waals surface area contributed by atoms with Crippen molar-refractivity contribution in [3.8, 4) is 5.75 Å². The molecule has 0 saturated carbocycles. The van der Waals surface area contributed by atoms with Gasteiger partial charge in [0, 0.05) is 5.38 Å². The fraction of sp³-hybridized carbons (Fsp3) is 0.412. The number of nitrogens with one attached hydrogen (secondary N) is 1. The van der Waals surface area contributed by atoms with Crippen molar-refractivity contribution < 1.29 is 9.53 Å². The number of aryl methyl sites for hydroxylation is 1. The van der Waals surface area contributed by atoms with Crippen molar-refractivity contribution in [3.63, 3.8) is 0 Å². The van der Waals surface area contributed by atoms with Gasteiger partial charge >= 0.3 is 0 Å². The molecule has 0 spiro atoms. The van der Waals surface area contributed by atoms with E-state index in [1.54, 1.807) is 11.3 Å². The number of benzene rings is 1. The van der Waals surface area contributed by atoms with E-state index in [0.717, 1.165) is 41.3 Å². The quantitative estimate of drug-likeness (QED) is 0.922. The molecule has 2 heterocycles. The van der Waals surface area contributed by atoms with Gasteiger partial charge in [-0.25, -0.2) is 4.98 Å². The van der Waals surface area contributed by atoms with Gasteiger partial charge in [0.05, 0.1) is 23.2 Å². The van der Waals surface area contributed by atoms with Crippen LogP contribution in [0.1, 0.15) is 29.6 Å². The highest BCUT2D eigenvalue weighted by Gasteiger charge is 2.25. The topological polar surface area (TPSA) is 51.2 Å². The van der Waals surface area contributed by atoms with Gasteiger partial charge in [0.25, 0.3) is 0 Å². The van der Waals surface area contributed by atoms with Gasteiger partial charge in [-0.1, -0.05) is 25.1 Å². The molecule has 1 atom stereocenters. The highest BCUT2D eigenvalue weighted by atomic mass is 32.1. The standard InChI is InChI=1S/C17H20N2O2S/c1-2-5-16-19-14(11-22-16)9-18-17(20)13-8-12-6-3-4-7-15(12)21-10-13/h3-4,6-7,11,13H,2,5,8-10H2,1H3,(H,18,20). The number of thiazole rings is 1. The molecule has 22 heavy (non-hydrogen) atoms. The van der Waals surface area contributed by atoms with Gasteiger partial charge in [0.2, 0.25) is 5.91 Å². The molecule has 3 rings (SSSR count). The minimum Gasteiger partial charge on any atom is -0.492 e. The van der Waals surface area contributed by atoms with E-state index >= 15 is 0 Å². The van der Waals surface area contributed by atoms with E-state index in [9.17, 15) is 4.79 Å². The van der Waals surface area contributed by atoms with Gasteiger partial charge in [-0.15, -0.1) is 11.3 Å². The monoisotopic (exact) mass is 316 g/mol. The summed E-state index contributed by atoms with van der Waals surface area (Å²) in [5, 5.41) is 6.15. The molecule has 0 fully saturated rings. The van der Waals surface area contributed by atoms with Gasteiger partial charge in [-0.3, -0.25) is 4.79 Å². The van der Waals surface area contributed by atoms with Crippen molar-refractivity contribution >= 4 is 17.2 Å². The number of rotatable bonds is 5. The zero-order valence-electron chi connectivity index (χ0n) is 12.7. The lowest BCUT2D eigenvalue weighted by atomic mass is 9.96. The summed E-state index contributed by atoms with van der Waals surface area (Å²) in [6.07, 6.45) is 2.84. The first-order chi connectivity index (χ1) is 10.8. The molecule has 0 radical (unpaired) electrons. The molecule has 1 aliphatic heterocycles. The van der Waals surface area contributed by atoms with Gasteiger partial charge in [0.15, 0.2) is 0 Å². The summed E-state index contributed by atoms with van der Waals surface area (Å²) in [6.45, 7) is 3.09. The first kappa shape index (κ1) is 15.0. The Hall–Kier alpha value is -1.88. The maximum atomic E-state index is 12.3. The Morgan fingerprint density at radius 3 is 3.18 bits per heavy atom. The lowest BCUT2D eigenvalue weighted by Crippen LogP contribution is -2.37. The Balaban J connectivity index is 1.54. The number of para-hydroxylation sites is 1. The number of carbonyl (C=O) groups excluding carboxylic acids is 1. The third kappa shape index (κ3) is 3.47. The zero-order valence-corrected chi connectivity index (χ0v) is 13.5. The maximum Gasteiger partial charge on any atom is 0.227 e. The molecular weight excluding hydrogens is 296 g/mol. The number of carbonyl (C=O) groups is 1. The van der Waals surface area contributed by atoms with Crippen LogP contribution in [0.4, 0.5) is 0 Å². The van der Waals surface area contributed by atoms with Crippen LogP contribution in [0, 0.1) is 5.92 Å². The number of aromatic nitrogens is 1. The summed E-state index contributed by atoms with van der Waals surface area (Å²) in [4.78, 5) is 16.8. The van der Waals surface area contributed by atoms with E-state index in [1.165, 1.54) is 0 Å². The molecule has 5 heteroatoms. The summed E-state index contributed by atoms with van der Waals surface area (Å²) in [5.41, 5.74) is 2.05. The number of hydrogen-bond donors (Lipinski definition) is 1. The molecule has 0 aliphatic carbocycles. The van der Waals surface area contributed by atoms with Crippen LogP contribution in [0.2, 0.25) is 0 Å². The first-order valence-electron chi connectivity index (χ1n) is 7.68. The molecule has 1 aliphatic rings. The number of ether oxygens (including phenoxy) is 1. The molecule has 0 saturated heterocycles. The van der Waals surface area contributed by atoms with Gasteiger partial charge in [-0.05, 0) is 30.9 Å². The van der Waals surface area contributed by atoms with Crippen LogP contribution in [0.5, 0.6) is 5.75 Å². The average Bonchev–Trinajstić information content (AvgIpc) is 3.00. The van der Waals surface area contributed by atoms with Gasteiger partial charge < -0.3 is 10.1 Å². The number of hydrogen-bond acceptors (Lipinski definition) is 4.